The number of rotatable bonds is 3. The van der Waals surface area contributed by atoms with E-state index in [1.54, 1.807) is 26.0 Å². The number of hydrogen-bond acceptors (Lipinski definition) is 5. The van der Waals surface area contributed by atoms with E-state index in [9.17, 15) is 8.42 Å². The van der Waals surface area contributed by atoms with E-state index < -0.39 is 10.0 Å². The molecule has 0 aliphatic carbocycles. The summed E-state index contributed by atoms with van der Waals surface area (Å²) in [4.78, 5) is 4.45. The Balaban J connectivity index is 1.86. The topological polar surface area (TPSA) is 76.3 Å². The van der Waals surface area contributed by atoms with Crippen molar-refractivity contribution in [2.75, 3.05) is 13.1 Å². The summed E-state index contributed by atoms with van der Waals surface area (Å²) in [6.07, 6.45) is 0.667. The Kier molecular flexibility index (Phi) is 3.96. The molecule has 0 radical (unpaired) electrons. The lowest BCUT2D eigenvalue weighted by Gasteiger charge is -2.17. The molecule has 1 aromatic heterocycles. The van der Waals surface area contributed by atoms with Gasteiger partial charge in [-0.05, 0) is 38.0 Å². The Morgan fingerprint density at radius 1 is 1.36 bits per heavy atom. The Labute approximate surface area is 134 Å². The number of nitrogens with zero attached hydrogens (tertiary/aromatic N) is 3. The maximum absolute atomic E-state index is 12.8. The standard InChI is InChI=1S/C14H16ClN3O3S/c1-9-3-4-12(15)7-13(9)22(19,20)18-6-5-11(8-18)14-16-10(2)17-21-14/h3-4,7,11H,5-6,8H2,1-2H3/t11-/m1/s1. The van der Waals surface area contributed by atoms with Crippen LogP contribution in [0.1, 0.15) is 29.6 Å². The number of halogens is 1. The van der Waals surface area contributed by atoms with Gasteiger partial charge < -0.3 is 4.52 Å². The van der Waals surface area contributed by atoms with Gasteiger partial charge in [-0.15, -0.1) is 0 Å². The predicted molar refractivity (Wildman–Crippen MR) is 81.3 cm³/mol. The molecule has 6 nitrogen and oxygen atoms in total. The highest BCUT2D eigenvalue weighted by Crippen LogP contribution is 2.32. The van der Waals surface area contributed by atoms with Crippen LogP contribution in [0.25, 0.3) is 0 Å². The lowest BCUT2D eigenvalue weighted by Crippen LogP contribution is -2.29. The molecule has 0 unspecified atom stereocenters. The maximum Gasteiger partial charge on any atom is 0.243 e. The third kappa shape index (κ3) is 2.76. The zero-order valence-corrected chi connectivity index (χ0v) is 13.9. The number of sulfonamides is 1. The van der Waals surface area contributed by atoms with Crippen LogP contribution in [0.3, 0.4) is 0 Å². The molecule has 0 N–H and O–H groups in total. The third-order valence-corrected chi connectivity index (χ3v) is 6.05. The molecule has 2 heterocycles. The van der Waals surface area contributed by atoms with E-state index in [0.29, 0.717) is 41.8 Å². The lowest BCUT2D eigenvalue weighted by molar-refractivity contribution is 0.351. The molecule has 1 aliphatic heterocycles. The highest BCUT2D eigenvalue weighted by molar-refractivity contribution is 7.89. The fourth-order valence-corrected chi connectivity index (χ4v) is 4.61. The SMILES string of the molecule is Cc1noc([C@@H]2CCN(S(=O)(=O)c3cc(Cl)ccc3C)C2)n1. The van der Waals surface area contributed by atoms with Crippen LogP contribution in [-0.2, 0) is 10.0 Å². The van der Waals surface area contributed by atoms with Crippen molar-refractivity contribution in [3.8, 4) is 0 Å². The van der Waals surface area contributed by atoms with E-state index in [4.69, 9.17) is 16.1 Å². The van der Waals surface area contributed by atoms with Gasteiger partial charge in [0.15, 0.2) is 5.82 Å². The van der Waals surface area contributed by atoms with Crippen LogP contribution in [0.2, 0.25) is 5.02 Å². The first kappa shape index (κ1) is 15.5. The second-order valence-electron chi connectivity index (χ2n) is 5.44. The fraction of sp³-hybridized carbons (Fsp3) is 0.429. The fourth-order valence-electron chi connectivity index (χ4n) is 2.62. The Morgan fingerprint density at radius 3 is 2.82 bits per heavy atom. The van der Waals surface area contributed by atoms with Crippen molar-refractivity contribution in [1.29, 1.82) is 0 Å². The minimum atomic E-state index is -3.57. The largest absolute Gasteiger partial charge is 0.339 e. The van der Waals surface area contributed by atoms with E-state index in [2.05, 4.69) is 10.1 Å². The van der Waals surface area contributed by atoms with Crippen LogP contribution >= 0.6 is 11.6 Å². The summed E-state index contributed by atoms with van der Waals surface area (Å²) in [5, 5.41) is 4.17. The van der Waals surface area contributed by atoms with Gasteiger partial charge in [0.1, 0.15) is 0 Å². The van der Waals surface area contributed by atoms with Crippen molar-refractivity contribution < 1.29 is 12.9 Å². The van der Waals surface area contributed by atoms with Crippen molar-refractivity contribution in [1.82, 2.24) is 14.4 Å². The summed E-state index contributed by atoms with van der Waals surface area (Å²) < 4.78 is 32.2. The minimum Gasteiger partial charge on any atom is -0.339 e. The van der Waals surface area contributed by atoms with Gasteiger partial charge in [-0.3, -0.25) is 0 Å². The van der Waals surface area contributed by atoms with Gasteiger partial charge in [0, 0.05) is 18.1 Å². The molecule has 118 valence electrons. The second kappa shape index (κ2) is 5.64. The Hall–Kier alpha value is -1.44. The molecule has 1 fully saturated rings. The van der Waals surface area contributed by atoms with Crippen molar-refractivity contribution in [2.45, 2.75) is 31.1 Å². The molecule has 0 spiro atoms. The summed E-state index contributed by atoms with van der Waals surface area (Å²) in [5.74, 6) is 0.996. The highest BCUT2D eigenvalue weighted by Gasteiger charge is 2.36. The molecule has 1 aromatic carbocycles. The molecule has 0 bridgehead atoms. The van der Waals surface area contributed by atoms with E-state index in [0.717, 1.165) is 0 Å². The normalized spacial score (nSPS) is 19.7. The first-order valence-corrected chi connectivity index (χ1v) is 8.76. The van der Waals surface area contributed by atoms with Crippen molar-refractivity contribution in [3.05, 3.63) is 40.5 Å². The van der Waals surface area contributed by atoms with E-state index in [-0.39, 0.29) is 10.8 Å². The lowest BCUT2D eigenvalue weighted by atomic mass is 10.1. The molecule has 3 rings (SSSR count). The highest BCUT2D eigenvalue weighted by atomic mass is 35.5. The summed E-state index contributed by atoms with van der Waals surface area (Å²) in [6, 6.07) is 4.89. The van der Waals surface area contributed by atoms with Gasteiger partial charge in [-0.2, -0.15) is 9.29 Å². The van der Waals surface area contributed by atoms with Crippen molar-refractivity contribution in [2.24, 2.45) is 0 Å². The van der Waals surface area contributed by atoms with Gasteiger partial charge >= 0.3 is 0 Å². The molecule has 22 heavy (non-hydrogen) atoms. The minimum absolute atomic E-state index is 0.0598. The first-order valence-electron chi connectivity index (χ1n) is 6.94. The molecule has 1 saturated heterocycles. The molecule has 1 atom stereocenters. The smallest absolute Gasteiger partial charge is 0.243 e. The Morgan fingerprint density at radius 2 is 2.14 bits per heavy atom. The number of benzene rings is 1. The monoisotopic (exact) mass is 341 g/mol. The summed E-state index contributed by atoms with van der Waals surface area (Å²) in [5.41, 5.74) is 0.682. The molecular weight excluding hydrogens is 326 g/mol. The zero-order chi connectivity index (χ0) is 15.9. The van der Waals surface area contributed by atoms with Crippen LogP contribution in [0.15, 0.2) is 27.6 Å². The van der Waals surface area contributed by atoms with Gasteiger partial charge in [-0.1, -0.05) is 22.8 Å². The maximum atomic E-state index is 12.8. The van der Waals surface area contributed by atoms with Crippen LogP contribution in [-0.4, -0.2) is 36.0 Å². The quantitative estimate of drug-likeness (QED) is 0.857. The molecule has 2 aromatic rings. The van der Waals surface area contributed by atoms with Crippen LogP contribution < -0.4 is 0 Å². The molecule has 8 heteroatoms. The number of aromatic nitrogens is 2. The van der Waals surface area contributed by atoms with Crippen LogP contribution in [0.4, 0.5) is 0 Å². The number of aryl methyl sites for hydroxylation is 2. The van der Waals surface area contributed by atoms with Gasteiger partial charge in [0.2, 0.25) is 15.9 Å². The molecular formula is C14H16ClN3O3S. The van der Waals surface area contributed by atoms with E-state index >= 15 is 0 Å². The first-order chi connectivity index (χ1) is 10.4. The van der Waals surface area contributed by atoms with Crippen molar-refractivity contribution in [3.63, 3.8) is 0 Å². The summed E-state index contributed by atoms with van der Waals surface area (Å²) in [6.45, 7) is 4.28. The average Bonchev–Trinajstić information content (AvgIpc) is 3.10. The van der Waals surface area contributed by atoms with Crippen LogP contribution in [0.5, 0.6) is 0 Å². The summed E-state index contributed by atoms with van der Waals surface area (Å²) >= 11 is 5.94. The van der Waals surface area contributed by atoms with E-state index in [1.165, 1.54) is 10.4 Å². The molecule has 0 saturated carbocycles. The predicted octanol–water partition coefficient (Wildman–Crippen LogP) is 2.52. The van der Waals surface area contributed by atoms with Gasteiger partial charge in [0.25, 0.3) is 0 Å². The van der Waals surface area contributed by atoms with E-state index in [1.807, 2.05) is 0 Å². The van der Waals surface area contributed by atoms with Gasteiger partial charge in [-0.25, -0.2) is 8.42 Å². The Bertz CT molecular complexity index is 803. The van der Waals surface area contributed by atoms with Crippen molar-refractivity contribution >= 4 is 21.6 Å². The van der Waals surface area contributed by atoms with Gasteiger partial charge in [0.05, 0.1) is 10.8 Å². The average molecular weight is 342 g/mol. The summed E-state index contributed by atoms with van der Waals surface area (Å²) in [7, 11) is -3.57. The molecule has 1 aliphatic rings. The molecule has 0 amide bonds. The zero-order valence-electron chi connectivity index (χ0n) is 12.3. The number of hydrogen-bond donors (Lipinski definition) is 0. The third-order valence-electron chi connectivity index (χ3n) is 3.81. The second-order valence-corrected chi connectivity index (χ2v) is 7.78. The van der Waals surface area contributed by atoms with Crippen LogP contribution in [0, 0.1) is 13.8 Å².